The van der Waals surface area contributed by atoms with Crippen LogP contribution in [0.4, 0.5) is 5.69 Å². The van der Waals surface area contributed by atoms with Crippen molar-refractivity contribution in [1.82, 2.24) is 9.13 Å². The molecule has 7 heteroatoms. The van der Waals surface area contributed by atoms with E-state index in [1.54, 1.807) is 0 Å². The summed E-state index contributed by atoms with van der Waals surface area (Å²) in [6.45, 7) is 0. The van der Waals surface area contributed by atoms with Gasteiger partial charge in [0.25, 0.3) is 5.56 Å². The molecule has 19 heavy (non-hydrogen) atoms. The lowest BCUT2D eigenvalue weighted by atomic mass is 10.1. The Morgan fingerprint density at radius 2 is 1.68 bits per heavy atom. The van der Waals surface area contributed by atoms with E-state index in [1.165, 1.54) is 36.9 Å². The Morgan fingerprint density at radius 1 is 1.05 bits per heavy atom. The number of phenols is 2. The van der Waals surface area contributed by atoms with Gasteiger partial charge in [0, 0.05) is 19.7 Å². The molecule has 0 unspecified atom stereocenters. The summed E-state index contributed by atoms with van der Waals surface area (Å²) < 4.78 is 2.11. The highest BCUT2D eigenvalue weighted by molar-refractivity contribution is 5.74. The Balaban J connectivity index is 2.87. The minimum Gasteiger partial charge on any atom is -0.504 e. The van der Waals surface area contributed by atoms with Gasteiger partial charge in [0.15, 0.2) is 11.5 Å². The average molecular weight is 263 g/mol. The lowest BCUT2D eigenvalue weighted by Crippen LogP contribution is -2.39. The highest BCUT2D eigenvalue weighted by Crippen LogP contribution is 2.31. The van der Waals surface area contributed by atoms with Gasteiger partial charge in [-0.15, -0.1) is 0 Å². The van der Waals surface area contributed by atoms with Crippen LogP contribution in [0.25, 0.3) is 11.3 Å². The Hall–Kier alpha value is -2.70. The molecule has 0 fully saturated rings. The molecule has 2 aromatic rings. The molecule has 0 spiro atoms. The van der Waals surface area contributed by atoms with E-state index in [4.69, 9.17) is 5.73 Å². The summed E-state index contributed by atoms with van der Waals surface area (Å²) in [4.78, 5) is 23.6. The van der Waals surface area contributed by atoms with Crippen LogP contribution >= 0.6 is 0 Å². The predicted molar refractivity (Wildman–Crippen MR) is 70.1 cm³/mol. The molecule has 0 saturated heterocycles. The Labute approximate surface area is 107 Å². The van der Waals surface area contributed by atoms with Crippen LogP contribution in [0.5, 0.6) is 11.5 Å². The number of nitrogens with zero attached hydrogens (tertiary/aromatic N) is 2. The fraction of sp³-hybridized carbons (Fsp3) is 0.167. The van der Waals surface area contributed by atoms with Crippen molar-refractivity contribution < 1.29 is 10.2 Å². The van der Waals surface area contributed by atoms with E-state index in [0.29, 0.717) is 5.56 Å². The number of hydrogen-bond acceptors (Lipinski definition) is 5. The second-order valence-electron chi connectivity index (χ2n) is 4.17. The summed E-state index contributed by atoms with van der Waals surface area (Å²) in [5, 5.41) is 18.7. The number of hydrogen-bond donors (Lipinski definition) is 3. The van der Waals surface area contributed by atoms with E-state index in [9.17, 15) is 19.8 Å². The summed E-state index contributed by atoms with van der Waals surface area (Å²) in [5.41, 5.74) is 5.07. The molecule has 0 amide bonds. The first-order valence-corrected chi connectivity index (χ1v) is 5.42. The highest BCUT2D eigenvalue weighted by Gasteiger charge is 2.15. The molecule has 1 aromatic carbocycles. The number of phenolic OH excluding ortho intramolecular Hbond substituents is 2. The van der Waals surface area contributed by atoms with E-state index in [2.05, 4.69) is 0 Å². The zero-order valence-electron chi connectivity index (χ0n) is 10.4. The molecule has 0 aliphatic heterocycles. The van der Waals surface area contributed by atoms with Crippen LogP contribution in [0.15, 0.2) is 27.8 Å². The van der Waals surface area contributed by atoms with Gasteiger partial charge in [-0.3, -0.25) is 13.9 Å². The molecular weight excluding hydrogens is 250 g/mol. The van der Waals surface area contributed by atoms with Gasteiger partial charge < -0.3 is 15.9 Å². The molecule has 100 valence electrons. The van der Waals surface area contributed by atoms with E-state index in [0.717, 1.165) is 4.57 Å². The van der Waals surface area contributed by atoms with Crippen molar-refractivity contribution in [2.45, 2.75) is 0 Å². The Bertz CT molecular complexity index is 737. The zero-order chi connectivity index (χ0) is 14.3. The van der Waals surface area contributed by atoms with Crippen molar-refractivity contribution in [3.8, 4) is 22.8 Å². The Kier molecular flexibility index (Phi) is 2.82. The molecule has 0 aliphatic rings. The van der Waals surface area contributed by atoms with Crippen LogP contribution in [-0.4, -0.2) is 19.3 Å². The zero-order valence-corrected chi connectivity index (χ0v) is 10.4. The number of nitrogens with two attached hydrogens (primary N) is 1. The maximum atomic E-state index is 11.8. The summed E-state index contributed by atoms with van der Waals surface area (Å²) in [5.74, 6) is -0.652. The SMILES string of the molecule is Cn1c(-c2ccc(O)c(O)c2)c(N)c(=O)n(C)c1=O. The fourth-order valence-electron chi connectivity index (χ4n) is 1.89. The van der Waals surface area contributed by atoms with Gasteiger partial charge in [0.05, 0.1) is 5.69 Å². The number of aromatic hydroxyl groups is 2. The quantitative estimate of drug-likeness (QED) is 0.614. The third-order valence-electron chi connectivity index (χ3n) is 2.95. The van der Waals surface area contributed by atoms with E-state index < -0.39 is 11.2 Å². The van der Waals surface area contributed by atoms with Gasteiger partial charge in [-0.05, 0) is 18.2 Å². The first-order valence-electron chi connectivity index (χ1n) is 5.42. The largest absolute Gasteiger partial charge is 0.504 e. The predicted octanol–water partition coefficient (Wildman–Crippen LogP) is -0.256. The summed E-state index contributed by atoms with van der Waals surface area (Å²) in [6.07, 6.45) is 0. The molecule has 1 heterocycles. The topological polar surface area (TPSA) is 110 Å². The second kappa shape index (κ2) is 4.20. The maximum absolute atomic E-state index is 11.8. The third-order valence-corrected chi connectivity index (χ3v) is 2.95. The standard InChI is InChI=1S/C12H13N3O4/c1-14-10(6-3-4-7(16)8(17)5-6)9(13)11(18)15(2)12(14)19/h3-5,16-17H,13H2,1-2H3. The number of benzene rings is 1. The lowest BCUT2D eigenvalue weighted by molar-refractivity contribution is 0.404. The fourth-order valence-corrected chi connectivity index (χ4v) is 1.89. The average Bonchev–Trinajstić information content (AvgIpc) is 2.38. The molecule has 7 nitrogen and oxygen atoms in total. The monoisotopic (exact) mass is 263 g/mol. The molecular formula is C12H13N3O4. The van der Waals surface area contributed by atoms with Crippen LogP contribution in [0.3, 0.4) is 0 Å². The molecule has 1 aromatic heterocycles. The molecule has 0 bridgehead atoms. The summed E-state index contributed by atoms with van der Waals surface area (Å²) >= 11 is 0. The van der Waals surface area contributed by atoms with Crippen molar-refractivity contribution in [2.24, 2.45) is 14.1 Å². The van der Waals surface area contributed by atoms with Crippen molar-refractivity contribution in [3.63, 3.8) is 0 Å². The van der Waals surface area contributed by atoms with Crippen LogP contribution in [0.1, 0.15) is 0 Å². The first kappa shape index (κ1) is 12.7. The van der Waals surface area contributed by atoms with E-state index in [-0.39, 0.29) is 22.9 Å². The highest BCUT2D eigenvalue weighted by atomic mass is 16.3. The minimum absolute atomic E-state index is 0.102. The van der Waals surface area contributed by atoms with Crippen LogP contribution < -0.4 is 17.0 Å². The second-order valence-corrected chi connectivity index (χ2v) is 4.17. The molecule has 0 aliphatic carbocycles. The van der Waals surface area contributed by atoms with Crippen molar-refractivity contribution in [3.05, 3.63) is 39.0 Å². The van der Waals surface area contributed by atoms with E-state index >= 15 is 0 Å². The number of nitrogen functional groups attached to an aromatic ring is 1. The smallest absolute Gasteiger partial charge is 0.331 e. The molecule has 0 atom stereocenters. The van der Waals surface area contributed by atoms with Crippen molar-refractivity contribution >= 4 is 5.69 Å². The van der Waals surface area contributed by atoms with Crippen molar-refractivity contribution in [2.75, 3.05) is 5.73 Å². The summed E-state index contributed by atoms with van der Waals surface area (Å²) in [6, 6.07) is 3.95. The molecule has 4 N–H and O–H groups in total. The van der Waals surface area contributed by atoms with Crippen LogP contribution in [-0.2, 0) is 14.1 Å². The van der Waals surface area contributed by atoms with Gasteiger partial charge in [-0.2, -0.15) is 0 Å². The van der Waals surface area contributed by atoms with Gasteiger partial charge in [0.2, 0.25) is 0 Å². The Morgan fingerprint density at radius 3 is 2.26 bits per heavy atom. The van der Waals surface area contributed by atoms with Gasteiger partial charge in [-0.1, -0.05) is 0 Å². The molecule has 2 rings (SSSR count). The van der Waals surface area contributed by atoms with Gasteiger partial charge in [0.1, 0.15) is 5.69 Å². The lowest BCUT2D eigenvalue weighted by Gasteiger charge is -2.13. The normalized spacial score (nSPS) is 10.6. The molecule has 0 saturated carbocycles. The van der Waals surface area contributed by atoms with Gasteiger partial charge >= 0.3 is 5.69 Å². The number of rotatable bonds is 1. The minimum atomic E-state index is -0.606. The molecule has 0 radical (unpaired) electrons. The summed E-state index contributed by atoms with van der Waals surface area (Å²) in [7, 11) is 2.80. The number of anilines is 1. The first-order chi connectivity index (χ1) is 8.84. The van der Waals surface area contributed by atoms with E-state index in [1.807, 2.05) is 0 Å². The van der Waals surface area contributed by atoms with Crippen LogP contribution in [0, 0.1) is 0 Å². The number of aromatic nitrogens is 2. The van der Waals surface area contributed by atoms with Crippen molar-refractivity contribution in [1.29, 1.82) is 0 Å². The third kappa shape index (κ3) is 1.85. The van der Waals surface area contributed by atoms with Gasteiger partial charge in [-0.25, -0.2) is 4.79 Å². The van der Waals surface area contributed by atoms with Crippen LogP contribution in [0.2, 0.25) is 0 Å². The maximum Gasteiger partial charge on any atom is 0.331 e.